The van der Waals surface area contributed by atoms with Crippen LogP contribution in [-0.2, 0) is 6.18 Å². The van der Waals surface area contributed by atoms with Crippen molar-refractivity contribution in [2.75, 3.05) is 8.88 Å². The molecule has 0 aliphatic rings. The Morgan fingerprint density at radius 1 is 0.457 bits per heavy atom. The predicted molar refractivity (Wildman–Crippen MR) is 204 cm³/mol. The van der Waals surface area contributed by atoms with Gasteiger partial charge in [0.2, 0.25) is 11.9 Å². The Balaban J connectivity index is 3.15. The van der Waals surface area contributed by atoms with E-state index in [1.807, 2.05) is 0 Å². The van der Waals surface area contributed by atoms with Gasteiger partial charge in [-0.1, -0.05) is 123 Å². The number of aromatic nitrogens is 3. The maximum absolute atomic E-state index is 13.6. The average Bonchev–Trinajstić information content (AvgIpc) is 2.90. The van der Waals surface area contributed by atoms with Crippen molar-refractivity contribution in [3.8, 4) is 11.4 Å². The number of hydrogen-bond donors (Lipinski definition) is 0. The van der Waals surface area contributed by atoms with E-state index in [9.17, 15) is 13.2 Å². The van der Waals surface area contributed by atoms with Gasteiger partial charge in [-0.3, -0.25) is 8.88 Å². The highest BCUT2D eigenvalue weighted by Crippen LogP contribution is 2.68. The lowest BCUT2D eigenvalue weighted by molar-refractivity contribution is -0.137. The summed E-state index contributed by atoms with van der Waals surface area (Å²) in [6.45, 7) is 36.8. The molecule has 0 spiro atoms. The molecule has 0 unspecified atom stereocenters. The van der Waals surface area contributed by atoms with Crippen molar-refractivity contribution in [2.24, 2.45) is 0 Å². The lowest BCUT2D eigenvalue weighted by Crippen LogP contribution is -2.31. The van der Waals surface area contributed by atoms with Gasteiger partial charge in [0.05, 0.1) is 5.56 Å². The Hall–Kier alpha value is -0.660. The third-order valence-corrected chi connectivity index (χ3v) is 21.0. The number of halogens is 3. The van der Waals surface area contributed by atoms with Crippen LogP contribution in [0.15, 0.2) is 24.3 Å². The number of hydrogen-bond acceptors (Lipinski definition) is 5. The van der Waals surface area contributed by atoms with Crippen LogP contribution in [0.5, 0.6) is 0 Å². The summed E-state index contributed by atoms with van der Waals surface area (Å²) in [6, 6.07) is 5.32. The molecule has 1 aromatic heterocycles. The topological polar surface area (TPSA) is 45.2 Å². The van der Waals surface area contributed by atoms with Gasteiger partial charge in [-0.2, -0.15) is 28.1 Å². The third-order valence-electron chi connectivity index (χ3n) is 7.55. The van der Waals surface area contributed by atoms with Gasteiger partial charge in [0.15, 0.2) is 5.82 Å². The van der Waals surface area contributed by atoms with Gasteiger partial charge in [0, 0.05) is 37.9 Å². The first kappa shape index (κ1) is 41.5. The third kappa shape index (κ3) is 10.2. The summed E-state index contributed by atoms with van der Waals surface area (Å²) in [4.78, 5) is 15.9. The summed E-state index contributed by atoms with van der Waals surface area (Å²) in [5.74, 6) is 1.80. The Morgan fingerprint density at radius 3 is 0.935 bits per heavy atom. The number of anilines is 2. The van der Waals surface area contributed by atoms with Crippen molar-refractivity contribution in [3.63, 3.8) is 0 Å². The van der Waals surface area contributed by atoms with Gasteiger partial charge in [-0.05, 0) is 57.4 Å². The highest BCUT2D eigenvalue weighted by molar-refractivity contribution is 7.79. The van der Waals surface area contributed by atoms with Crippen molar-refractivity contribution in [3.05, 3.63) is 29.8 Å². The van der Waals surface area contributed by atoms with Gasteiger partial charge in [0.1, 0.15) is 0 Å². The van der Waals surface area contributed by atoms with E-state index in [0.29, 0.717) is 68.6 Å². The van der Waals surface area contributed by atoms with E-state index in [0.717, 1.165) is 12.1 Å². The fourth-order valence-electron chi connectivity index (χ4n) is 6.26. The van der Waals surface area contributed by atoms with Crippen molar-refractivity contribution < 1.29 is 13.2 Å². The molecule has 1 heterocycles. The van der Waals surface area contributed by atoms with Crippen LogP contribution in [-0.4, -0.2) is 60.2 Å². The minimum atomic E-state index is -4.41. The normalized spacial score (nSPS) is 13.3. The quantitative estimate of drug-likeness (QED) is 0.172. The van der Waals surface area contributed by atoms with Gasteiger partial charge in [-0.25, -0.2) is 0 Å². The monoisotopic (exact) mass is 719 g/mol. The minimum absolute atomic E-state index is 0.398. The zero-order valence-corrected chi connectivity index (χ0v) is 34.7. The van der Waals surface area contributed by atoms with Gasteiger partial charge in [0.25, 0.3) is 0 Å². The van der Waals surface area contributed by atoms with E-state index in [1.54, 1.807) is 0 Å². The first-order valence-electron chi connectivity index (χ1n) is 16.8. The Labute approximate surface area is 284 Å². The van der Waals surface area contributed by atoms with Gasteiger partial charge >= 0.3 is 6.18 Å². The van der Waals surface area contributed by atoms with Crippen LogP contribution in [0.4, 0.5) is 25.1 Å². The maximum atomic E-state index is 13.6. The molecule has 0 N–H and O–H groups in total. The first-order valence-corrected chi connectivity index (χ1v) is 22.5. The largest absolute Gasteiger partial charge is 0.416 e. The molecular formula is C34H60F3N5P4. The van der Waals surface area contributed by atoms with Crippen molar-refractivity contribution in [1.82, 2.24) is 15.0 Å². The van der Waals surface area contributed by atoms with Crippen LogP contribution < -0.4 is 8.88 Å². The van der Waals surface area contributed by atoms with Crippen molar-refractivity contribution >= 4 is 44.2 Å². The molecule has 0 saturated heterocycles. The van der Waals surface area contributed by atoms with Gasteiger partial charge in [-0.15, -0.1) is 0 Å². The molecule has 0 amide bonds. The molecule has 262 valence electrons. The smallest absolute Gasteiger partial charge is 0.297 e. The van der Waals surface area contributed by atoms with E-state index in [-0.39, 0.29) is 0 Å². The van der Waals surface area contributed by atoms with Crippen LogP contribution in [0.1, 0.15) is 116 Å². The summed E-state index contributed by atoms with van der Waals surface area (Å²) in [5, 5.41) is 0. The molecule has 0 aliphatic carbocycles. The highest BCUT2D eigenvalue weighted by atomic mass is 31.2. The molecule has 0 aliphatic heterocycles. The molecule has 5 nitrogen and oxygen atoms in total. The molecule has 2 aromatic rings. The number of alkyl halides is 3. The van der Waals surface area contributed by atoms with E-state index >= 15 is 0 Å². The second-order valence-corrected chi connectivity index (χ2v) is 27.7. The van der Waals surface area contributed by atoms with E-state index < -0.39 is 44.0 Å². The summed E-state index contributed by atoms with van der Waals surface area (Å²) in [6.07, 6.45) is -4.41. The second-order valence-electron chi connectivity index (χ2n) is 14.2. The van der Waals surface area contributed by atoms with Crippen LogP contribution in [0.2, 0.25) is 0 Å². The molecule has 46 heavy (non-hydrogen) atoms. The Bertz CT molecular complexity index is 1090. The predicted octanol–water partition coefficient (Wildman–Crippen LogP) is 13.0. The molecule has 1 aromatic carbocycles. The molecule has 0 bridgehead atoms. The van der Waals surface area contributed by atoms with Crippen LogP contribution in [0, 0.1) is 0 Å². The lowest BCUT2D eigenvalue weighted by Gasteiger charge is -2.47. The van der Waals surface area contributed by atoms with Crippen LogP contribution in [0.25, 0.3) is 11.4 Å². The fraction of sp³-hybridized carbons (Fsp3) is 0.735. The second kappa shape index (κ2) is 17.3. The fourth-order valence-corrected chi connectivity index (χ4v) is 22.6. The molecule has 0 saturated carbocycles. The highest BCUT2D eigenvalue weighted by Gasteiger charge is 2.40. The number of benzene rings is 1. The molecular weight excluding hydrogens is 659 g/mol. The van der Waals surface area contributed by atoms with E-state index in [1.165, 1.54) is 12.1 Å². The summed E-state index contributed by atoms with van der Waals surface area (Å²) < 4.78 is 45.9. The Morgan fingerprint density at radius 2 is 0.717 bits per heavy atom. The zero-order chi connectivity index (χ0) is 35.4. The minimum Gasteiger partial charge on any atom is -0.297 e. The van der Waals surface area contributed by atoms with E-state index in [2.05, 4.69) is 120 Å². The Kier molecular flexibility index (Phi) is 15.6. The number of rotatable bonds is 15. The summed E-state index contributed by atoms with van der Waals surface area (Å²) >= 11 is 0. The first-order chi connectivity index (χ1) is 21.1. The molecule has 0 fully saturated rings. The standard InChI is InChI=1S/C34H60F3N5P4/c1-21(2)43(22(3)4)41(44(23(5)6)24(7)8)32-38-31(29-17-19-30(20-18-29)34(35,36)37)39-33(40-32)42(45(25(9)10)26(11)12)46(27(13)14)28(15)16/h17-28H,1-16H3. The van der Waals surface area contributed by atoms with E-state index in [4.69, 9.17) is 15.0 Å². The number of nitrogens with zero attached hydrogens (tertiary/aromatic N) is 5. The van der Waals surface area contributed by atoms with Crippen LogP contribution in [0.3, 0.4) is 0 Å². The maximum Gasteiger partial charge on any atom is 0.416 e. The van der Waals surface area contributed by atoms with Crippen molar-refractivity contribution in [1.29, 1.82) is 0 Å². The lowest BCUT2D eigenvalue weighted by atomic mass is 10.1. The van der Waals surface area contributed by atoms with Crippen LogP contribution >= 0.6 is 32.3 Å². The molecule has 2 rings (SSSR count). The average molecular weight is 720 g/mol. The molecule has 0 radical (unpaired) electrons. The molecule has 12 heteroatoms. The SMILES string of the molecule is CC(C)P(C(C)C)N(c1nc(-c2ccc(C(F)(F)F)cc2)nc(N(P(C(C)C)C(C)C)P(C(C)C)C(C)C)n1)P(C(C)C)C(C)C. The zero-order valence-electron chi connectivity index (χ0n) is 31.1. The summed E-state index contributed by atoms with van der Waals surface area (Å²) in [5.41, 5.74) is 3.09. The van der Waals surface area contributed by atoms with Crippen molar-refractivity contribution in [2.45, 2.75) is 162 Å². The molecule has 0 atom stereocenters. The summed E-state index contributed by atoms with van der Waals surface area (Å²) in [7, 11) is -2.74. The van der Waals surface area contributed by atoms with Gasteiger partial charge < -0.3 is 0 Å².